The van der Waals surface area contributed by atoms with Gasteiger partial charge in [0.05, 0.1) is 18.5 Å². The van der Waals surface area contributed by atoms with Gasteiger partial charge in [-0.1, -0.05) is 44.2 Å². The van der Waals surface area contributed by atoms with Crippen molar-refractivity contribution in [2.24, 2.45) is 0 Å². The van der Waals surface area contributed by atoms with Gasteiger partial charge in [0.2, 0.25) is 11.8 Å². The molecule has 8 heteroatoms. The Balaban J connectivity index is 2.33. The van der Waals surface area contributed by atoms with Gasteiger partial charge >= 0.3 is 0 Å². The molecule has 2 rings (SSSR count). The number of nitrogens with one attached hydrogen (secondary N) is 1. The van der Waals surface area contributed by atoms with E-state index in [9.17, 15) is 19.7 Å². The molecule has 0 aliphatic rings. The van der Waals surface area contributed by atoms with E-state index in [1.165, 1.54) is 11.0 Å². The molecule has 31 heavy (non-hydrogen) atoms. The van der Waals surface area contributed by atoms with Crippen molar-refractivity contribution in [2.45, 2.75) is 45.7 Å². The maximum Gasteiger partial charge on any atom is 0.273 e. The topological polar surface area (TPSA) is 102 Å². The number of carbonyl (C=O) groups is 2. The zero-order valence-corrected chi connectivity index (χ0v) is 18.2. The van der Waals surface area contributed by atoms with Crippen molar-refractivity contribution in [1.29, 1.82) is 0 Å². The number of ether oxygens (including phenoxy) is 1. The Hall–Kier alpha value is -3.42. The van der Waals surface area contributed by atoms with Gasteiger partial charge in [0, 0.05) is 24.7 Å². The molecule has 0 fully saturated rings. The van der Waals surface area contributed by atoms with Crippen LogP contribution in [0.1, 0.15) is 37.8 Å². The van der Waals surface area contributed by atoms with E-state index in [1.807, 2.05) is 26.0 Å². The van der Waals surface area contributed by atoms with E-state index in [0.29, 0.717) is 24.3 Å². The zero-order valence-electron chi connectivity index (χ0n) is 18.2. The highest BCUT2D eigenvalue weighted by Crippen LogP contribution is 2.21. The first-order chi connectivity index (χ1) is 14.9. The van der Waals surface area contributed by atoms with Gasteiger partial charge in [-0.05, 0) is 30.5 Å². The van der Waals surface area contributed by atoms with Crippen molar-refractivity contribution in [3.05, 3.63) is 69.8 Å². The lowest BCUT2D eigenvalue weighted by molar-refractivity contribution is -0.385. The van der Waals surface area contributed by atoms with Crippen LogP contribution in [0.2, 0.25) is 0 Å². The fourth-order valence-corrected chi connectivity index (χ4v) is 3.32. The van der Waals surface area contributed by atoms with E-state index in [-0.39, 0.29) is 30.5 Å². The molecule has 0 aliphatic heterocycles. The molecule has 0 saturated heterocycles. The van der Waals surface area contributed by atoms with Crippen molar-refractivity contribution in [1.82, 2.24) is 10.2 Å². The van der Waals surface area contributed by atoms with Crippen LogP contribution in [-0.2, 0) is 22.6 Å². The van der Waals surface area contributed by atoms with Crippen LogP contribution in [0.4, 0.5) is 5.69 Å². The number of methoxy groups -OCH3 is 1. The summed E-state index contributed by atoms with van der Waals surface area (Å²) in [5, 5.41) is 14.2. The number of rotatable bonds is 11. The van der Waals surface area contributed by atoms with E-state index >= 15 is 0 Å². The summed E-state index contributed by atoms with van der Waals surface area (Å²) in [6.07, 6.45) is 1.05. The summed E-state index contributed by atoms with van der Waals surface area (Å²) in [6, 6.07) is 12.7. The lowest BCUT2D eigenvalue weighted by Gasteiger charge is -2.30. The Morgan fingerprint density at radius 1 is 1.13 bits per heavy atom. The second-order valence-corrected chi connectivity index (χ2v) is 7.15. The molecule has 2 amide bonds. The molecule has 2 aromatic rings. The minimum Gasteiger partial charge on any atom is -0.497 e. The predicted molar refractivity (Wildman–Crippen MR) is 118 cm³/mol. The van der Waals surface area contributed by atoms with Crippen molar-refractivity contribution < 1.29 is 19.2 Å². The summed E-state index contributed by atoms with van der Waals surface area (Å²) in [5.41, 5.74) is 1.04. The fraction of sp³-hybridized carbons (Fsp3) is 0.391. The van der Waals surface area contributed by atoms with E-state index < -0.39 is 11.0 Å². The molecule has 0 radical (unpaired) electrons. The molecule has 0 aliphatic carbocycles. The van der Waals surface area contributed by atoms with Crippen LogP contribution >= 0.6 is 0 Å². The first kappa shape index (κ1) is 23.9. The number of hydrogen-bond donors (Lipinski definition) is 1. The summed E-state index contributed by atoms with van der Waals surface area (Å²) in [6.45, 7) is 4.52. The highest BCUT2D eigenvalue weighted by molar-refractivity contribution is 5.88. The Bertz CT molecular complexity index is 898. The molecule has 0 spiro atoms. The van der Waals surface area contributed by atoms with Gasteiger partial charge in [-0.2, -0.15) is 0 Å². The number of nitro benzene ring substituents is 1. The zero-order chi connectivity index (χ0) is 22.8. The second-order valence-electron chi connectivity index (χ2n) is 7.15. The first-order valence-electron chi connectivity index (χ1n) is 10.3. The molecule has 1 N–H and O–H groups in total. The van der Waals surface area contributed by atoms with Gasteiger partial charge in [-0.15, -0.1) is 0 Å². The third-order valence-electron chi connectivity index (χ3n) is 4.98. The van der Waals surface area contributed by atoms with Crippen molar-refractivity contribution in [2.75, 3.05) is 13.7 Å². The van der Waals surface area contributed by atoms with Crippen LogP contribution < -0.4 is 10.1 Å². The lowest BCUT2D eigenvalue weighted by Crippen LogP contribution is -2.49. The normalized spacial score (nSPS) is 11.5. The maximum atomic E-state index is 13.3. The number of benzene rings is 2. The Morgan fingerprint density at radius 3 is 2.39 bits per heavy atom. The molecule has 2 aromatic carbocycles. The van der Waals surface area contributed by atoms with Crippen LogP contribution in [0, 0.1) is 10.1 Å². The average molecular weight is 428 g/mol. The number of hydrogen-bond acceptors (Lipinski definition) is 5. The third-order valence-corrected chi connectivity index (χ3v) is 4.98. The number of nitrogens with zero attached hydrogens (tertiary/aromatic N) is 2. The van der Waals surface area contributed by atoms with Crippen molar-refractivity contribution in [3.63, 3.8) is 0 Å². The van der Waals surface area contributed by atoms with Crippen LogP contribution in [-0.4, -0.2) is 41.3 Å². The first-order valence-corrected chi connectivity index (χ1v) is 10.3. The number of amides is 2. The fourth-order valence-electron chi connectivity index (χ4n) is 3.32. The number of carbonyl (C=O) groups excluding carboxylic acids is 2. The molecule has 1 unspecified atom stereocenters. The van der Waals surface area contributed by atoms with Gasteiger partial charge in [0.25, 0.3) is 5.69 Å². The molecule has 8 nitrogen and oxygen atoms in total. The smallest absolute Gasteiger partial charge is 0.273 e. The number of para-hydroxylation sites is 1. The molecular formula is C23H29N3O5. The molecular weight excluding hydrogens is 398 g/mol. The summed E-state index contributed by atoms with van der Waals surface area (Å²) in [5.74, 6) is 0.117. The van der Waals surface area contributed by atoms with Crippen molar-refractivity contribution in [3.8, 4) is 5.75 Å². The minimum absolute atomic E-state index is 0.108. The van der Waals surface area contributed by atoms with Crippen molar-refractivity contribution >= 4 is 17.5 Å². The highest BCUT2D eigenvalue weighted by Gasteiger charge is 2.29. The van der Waals surface area contributed by atoms with Gasteiger partial charge in [0.15, 0.2) is 0 Å². The predicted octanol–water partition coefficient (Wildman–Crippen LogP) is 3.48. The molecule has 0 bridgehead atoms. The monoisotopic (exact) mass is 427 g/mol. The summed E-state index contributed by atoms with van der Waals surface area (Å²) in [4.78, 5) is 38.4. The summed E-state index contributed by atoms with van der Waals surface area (Å²) in [7, 11) is 1.57. The van der Waals surface area contributed by atoms with Gasteiger partial charge < -0.3 is 15.0 Å². The van der Waals surface area contributed by atoms with E-state index in [0.717, 1.165) is 12.0 Å². The lowest BCUT2D eigenvalue weighted by atomic mass is 10.1. The van der Waals surface area contributed by atoms with Crippen LogP contribution in [0.25, 0.3) is 0 Å². The SMILES string of the molecule is CCCNC(=O)C(CC)N(Cc1ccc(OC)cc1)C(=O)Cc1ccccc1[N+](=O)[O-]. The maximum absolute atomic E-state index is 13.3. The molecule has 0 aromatic heterocycles. The quantitative estimate of drug-likeness (QED) is 0.437. The molecule has 0 heterocycles. The van der Waals surface area contributed by atoms with Gasteiger partial charge in [0.1, 0.15) is 11.8 Å². The average Bonchev–Trinajstić information content (AvgIpc) is 2.78. The van der Waals surface area contributed by atoms with E-state index in [2.05, 4.69) is 5.32 Å². The molecule has 0 saturated carbocycles. The van der Waals surface area contributed by atoms with Gasteiger partial charge in [-0.3, -0.25) is 19.7 Å². The highest BCUT2D eigenvalue weighted by atomic mass is 16.6. The van der Waals surface area contributed by atoms with Crippen LogP contribution in [0.15, 0.2) is 48.5 Å². The molecule has 166 valence electrons. The van der Waals surface area contributed by atoms with E-state index in [1.54, 1.807) is 37.4 Å². The van der Waals surface area contributed by atoms with E-state index in [4.69, 9.17) is 4.74 Å². The molecule has 1 atom stereocenters. The van der Waals surface area contributed by atoms with Crippen LogP contribution in [0.3, 0.4) is 0 Å². The largest absolute Gasteiger partial charge is 0.497 e. The number of nitro groups is 1. The standard InChI is InChI=1S/C23H29N3O5/c1-4-14-24-23(28)20(5-2)25(16-17-10-12-19(31-3)13-11-17)22(27)15-18-8-6-7-9-21(18)26(29)30/h6-13,20H,4-5,14-16H2,1-3H3,(H,24,28). The Labute approximate surface area is 182 Å². The summed E-state index contributed by atoms with van der Waals surface area (Å²) < 4.78 is 5.18. The van der Waals surface area contributed by atoms with Gasteiger partial charge in [-0.25, -0.2) is 0 Å². The Kier molecular flexibility index (Phi) is 8.99. The van der Waals surface area contributed by atoms with Crippen LogP contribution in [0.5, 0.6) is 5.75 Å². The summed E-state index contributed by atoms with van der Waals surface area (Å²) >= 11 is 0. The third kappa shape index (κ3) is 6.53. The second kappa shape index (κ2) is 11.7. The minimum atomic E-state index is -0.677. The Morgan fingerprint density at radius 2 is 1.81 bits per heavy atom.